The van der Waals surface area contributed by atoms with E-state index in [0.717, 1.165) is 39.0 Å². The normalized spacial score (nSPS) is 25.0. The first kappa shape index (κ1) is 16.1. The average molecular weight is 343 g/mol. The molecule has 0 amide bonds. The van der Waals surface area contributed by atoms with E-state index >= 15 is 0 Å². The molecule has 0 spiro atoms. The Labute approximate surface area is 148 Å². The van der Waals surface area contributed by atoms with E-state index in [1.54, 1.807) is 0 Å². The number of aliphatic imine (C=N–C) groups is 1. The zero-order chi connectivity index (χ0) is 16.7. The van der Waals surface area contributed by atoms with Gasteiger partial charge < -0.3 is 4.90 Å². The summed E-state index contributed by atoms with van der Waals surface area (Å²) in [6, 6.07) is 2.32. The highest BCUT2D eigenvalue weighted by Crippen LogP contribution is 2.40. The molecule has 24 heavy (non-hydrogen) atoms. The molecule has 0 aromatic carbocycles. The Bertz CT molecular complexity index is 707. The minimum absolute atomic E-state index is 0.482. The predicted molar refractivity (Wildman–Crippen MR) is 103 cm³/mol. The molecule has 1 atom stereocenters. The highest BCUT2D eigenvalue weighted by atomic mass is 32.1. The lowest BCUT2D eigenvalue weighted by Crippen LogP contribution is -2.52. The van der Waals surface area contributed by atoms with Gasteiger partial charge in [-0.15, -0.1) is 11.3 Å². The van der Waals surface area contributed by atoms with Crippen molar-refractivity contribution < 1.29 is 0 Å². The van der Waals surface area contributed by atoms with Crippen molar-refractivity contribution in [3.63, 3.8) is 0 Å². The molecule has 4 rings (SSSR count). The van der Waals surface area contributed by atoms with Crippen LogP contribution in [0, 0.1) is 5.92 Å². The average Bonchev–Trinajstić information content (AvgIpc) is 2.92. The maximum Gasteiger partial charge on any atom is 0.120 e. The summed E-state index contributed by atoms with van der Waals surface area (Å²) in [6.07, 6.45) is 8.85. The molecule has 0 saturated carbocycles. The molecule has 128 valence electrons. The Kier molecular flexibility index (Phi) is 4.33. The Morgan fingerprint density at radius 3 is 2.79 bits per heavy atom. The number of allylic oxidation sites excluding steroid dienone is 3. The Balaban J connectivity index is 1.80. The van der Waals surface area contributed by atoms with Crippen LogP contribution < -0.4 is 5.01 Å². The molecule has 5 heteroatoms. The van der Waals surface area contributed by atoms with Crippen LogP contribution in [-0.4, -0.2) is 49.4 Å². The third-order valence-corrected chi connectivity index (χ3v) is 6.43. The van der Waals surface area contributed by atoms with Crippen LogP contribution in [0.25, 0.3) is 0 Å². The van der Waals surface area contributed by atoms with Crippen molar-refractivity contribution in [1.29, 1.82) is 0 Å². The largest absolute Gasteiger partial charge is 0.304 e. The molecule has 1 fully saturated rings. The zero-order valence-corrected chi connectivity index (χ0v) is 15.6. The van der Waals surface area contributed by atoms with Crippen LogP contribution in [0.2, 0.25) is 0 Å². The number of hydrazine groups is 1. The zero-order valence-electron chi connectivity index (χ0n) is 14.8. The van der Waals surface area contributed by atoms with Gasteiger partial charge in [-0.25, -0.2) is 5.01 Å². The molecular weight excluding hydrogens is 316 g/mol. The molecule has 1 aromatic rings. The van der Waals surface area contributed by atoms with Gasteiger partial charge in [0.25, 0.3) is 0 Å². The molecule has 1 saturated heterocycles. The summed E-state index contributed by atoms with van der Waals surface area (Å²) in [6.45, 7) is 8.87. The molecular formula is C19H26N4S. The van der Waals surface area contributed by atoms with Crippen molar-refractivity contribution in [3.8, 4) is 0 Å². The SMILES string of the molecule is CCc1cc2c(s1)N(N1CCN(C)CC1)C1=C(N=C2)C(C)CC=C1. The number of fused-ring (bicyclic) bond motifs is 1. The minimum atomic E-state index is 0.482. The summed E-state index contributed by atoms with van der Waals surface area (Å²) < 4.78 is 0. The topological polar surface area (TPSA) is 22.1 Å². The van der Waals surface area contributed by atoms with Gasteiger partial charge in [0.05, 0.1) is 11.4 Å². The van der Waals surface area contributed by atoms with E-state index in [4.69, 9.17) is 4.99 Å². The number of nitrogens with zero attached hydrogens (tertiary/aromatic N) is 4. The number of hydrogen-bond donors (Lipinski definition) is 0. The lowest BCUT2D eigenvalue weighted by atomic mass is 9.97. The van der Waals surface area contributed by atoms with E-state index in [2.05, 4.69) is 60.2 Å². The summed E-state index contributed by atoms with van der Waals surface area (Å²) in [5.74, 6) is 0.482. The number of rotatable bonds is 2. The number of thiophene rings is 1. The van der Waals surface area contributed by atoms with Gasteiger partial charge in [0.1, 0.15) is 5.00 Å². The number of anilines is 1. The van der Waals surface area contributed by atoms with Gasteiger partial charge in [-0.1, -0.05) is 19.9 Å². The van der Waals surface area contributed by atoms with E-state index in [1.807, 2.05) is 11.3 Å². The predicted octanol–water partition coefficient (Wildman–Crippen LogP) is 3.52. The van der Waals surface area contributed by atoms with Gasteiger partial charge in [-0.3, -0.25) is 10.0 Å². The van der Waals surface area contributed by atoms with Crippen LogP contribution >= 0.6 is 11.3 Å². The van der Waals surface area contributed by atoms with E-state index in [0.29, 0.717) is 5.92 Å². The fourth-order valence-electron chi connectivity index (χ4n) is 3.61. The van der Waals surface area contributed by atoms with E-state index in [-0.39, 0.29) is 0 Å². The molecule has 4 nitrogen and oxygen atoms in total. The van der Waals surface area contributed by atoms with Gasteiger partial charge in [0.15, 0.2) is 0 Å². The third-order valence-electron chi connectivity index (χ3n) is 5.16. The molecule has 1 aliphatic carbocycles. The summed E-state index contributed by atoms with van der Waals surface area (Å²) in [5, 5.41) is 6.32. The first-order valence-electron chi connectivity index (χ1n) is 8.98. The molecule has 0 N–H and O–H groups in total. The van der Waals surface area contributed by atoms with Crippen molar-refractivity contribution in [2.45, 2.75) is 26.7 Å². The molecule has 2 aliphatic heterocycles. The highest BCUT2D eigenvalue weighted by Gasteiger charge is 2.31. The van der Waals surface area contributed by atoms with Crippen LogP contribution in [0.15, 0.2) is 34.6 Å². The summed E-state index contributed by atoms with van der Waals surface area (Å²) in [4.78, 5) is 8.75. The van der Waals surface area contributed by atoms with E-state index in [9.17, 15) is 0 Å². The Morgan fingerprint density at radius 2 is 2.04 bits per heavy atom. The standard InChI is InChI=1S/C19H26N4S/c1-4-16-12-15-13-20-18-14(2)6-5-7-17(18)23(19(15)24-16)22-10-8-21(3)9-11-22/h5,7,12-14H,4,6,8-11H2,1-3H3. The van der Waals surface area contributed by atoms with E-state index < -0.39 is 0 Å². The first-order valence-corrected chi connectivity index (χ1v) is 9.80. The molecule has 3 heterocycles. The summed E-state index contributed by atoms with van der Waals surface area (Å²) >= 11 is 1.92. The fraction of sp³-hybridized carbons (Fsp3) is 0.526. The number of piperazine rings is 1. The van der Waals surface area contributed by atoms with Crippen LogP contribution in [0.3, 0.4) is 0 Å². The second kappa shape index (κ2) is 6.47. The van der Waals surface area contributed by atoms with Crippen molar-refractivity contribution in [1.82, 2.24) is 9.91 Å². The second-order valence-corrected chi connectivity index (χ2v) is 8.08. The second-order valence-electron chi connectivity index (χ2n) is 6.96. The maximum absolute atomic E-state index is 4.91. The van der Waals surface area contributed by atoms with Gasteiger partial charge in [-0.2, -0.15) is 0 Å². The lowest BCUT2D eigenvalue weighted by Gasteiger charge is -2.42. The number of likely N-dealkylation sites (N-methyl/N-ethyl adjacent to an activating group) is 1. The molecule has 0 bridgehead atoms. The molecule has 3 aliphatic rings. The Hall–Kier alpha value is -1.43. The van der Waals surface area contributed by atoms with Crippen LogP contribution in [-0.2, 0) is 6.42 Å². The monoisotopic (exact) mass is 342 g/mol. The van der Waals surface area contributed by atoms with Crippen molar-refractivity contribution in [3.05, 3.63) is 40.1 Å². The first-order chi connectivity index (χ1) is 11.7. The highest BCUT2D eigenvalue weighted by molar-refractivity contribution is 7.16. The fourth-order valence-corrected chi connectivity index (χ4v) is 4.72. The van der Waals surface area contributed by atoms with Crippen LogP contribution in [0.4, 0.5) is 5.00 Å². The van der Waals surface area contributed by atoms with Crippen molar-refractivity contribution in [2.24, 2.45) is 10.9 Å². The molecule has 1 aromatic heterocycles. The Morgan fingerprint density at radius 1 is 1.25 bits per heavy atom. The number of aryl methyl sites for hydroxylation is 1. The van der Waals surface area contributed by atoms with Crippen molar-refractivity contribution >= 4 is 22.6 Å². The van der Waals surface area contributed by atoms with Gasteiger partial charge in [0.2, 0.25) is 0 Å². The van der Waals surface area contributed by atoms with Crippen LogP contribution in [0.5, 0.6) is 0 Å². The minimum Gasteiger partial charge on any atom is -0.304 e. The van der Waals surface area contributed by atoms with E-state index in [1.165, 1.54) is 26.8 Å². The summed E-state index contributed by atoms with van der Waals surface area (Å²) in [7, 11) is 2.21. The van der Waals surface area contributed by atoms with Crippen molar-refractivity contribution in [2.75, 3.05) is 38.2 Å². The third kappa shape index (κ3) is 2.75. The van der Waals surface area contributed by atoms with Gasteiger partial charge in [-0.05, 0) is 32.0 Å². The van der Waals surface area contributed by atoms with Crippen LogP contribution in [0.1, 0.15) is 30.7 Å². The van der Waals surface area contributed by atoms with Gasteiger partial charge in [0, 0.05) is 48.8 Å². The smallest absolute Gasteiger partial charge is 0.120 e. The summed E-state index contributed by atoms with van der Waals surface area (Å²) in [5.41, 5.74) is 3.78. The maximum atomic E-state index is 4.91. The molecule has 0 radical (unpaired) electrons. The van der Waals surface area contributed by atoms with Gasteiger partial charge >= 0.3 is 0 Å². The number of hydrogen-bond acceptors (Lipinski definition) is 5. The lowest BCUT2D eigenvalue weighted by molar-refractivity contribution is 0.151. The molecule has 1 unspecified atom stereocenters. The quantitative estimate of drug-likeness (QED) is 0.821.